The van der Waals surface area contributed by atoms with Crippen LogP contribution in [0.3, 0.4) is 0 Å². The first kappa shape index (κ1) is 31.5. The number of nitrogens with zero attached hydrogens (tertiary/aromatic N) is 3. The van der Waals surface area contributed by atoms with Gasteiger partial charge < -0.3 is 63.7 Å². The van der Waals surface area contributed by atoms with E-state index in [4.69, 9.17) is 9.47 Å². The van der Waals surface area contributed by atoms with Gasteiger partial charge in [-0.15, -0.1) is 0 Å². The second kappa shape index (κ2) is 14.6. The Labute approximate surface area is 246 Å². The van der Waals surface area contributed by atoms with Crippen LogP contribution in [-0.2, 0) is 11.3 Å². The third kappa shape index (κ3) is 7.20. The third-order valence-electron chi connectivity index (χ3n) is 7.68. The Morgan fingerprint density at radius 3 is 2.49 bits per heavy atom. The normalized spacial score (nSPS) is 21.2. The van der Waals surface area contributed by atoms with Gasteiger partial charge in [-0.3, -0.25) is 4.57 Å². The van der Waals surface area contributed by atoms with Gasteiger partial charge in [-0.05, 0) is 43.7 Å². The molecule has 10 nitrogen and oxygen atoms in total. The number of anilines is 1. The first-order valence-corrected chi connectivity index (χ1v) is 13.5. The number of rotatable bonds is 14. The van der Waals surface area contributed by atoms with Crippen LogP contribution in [0.4, 0.5) is 5.95 Å². The molecule has 1 aliphatic heterocycles. The highest BCUT2D eigenvalue weighted by molar-refractivity contribution is 5.78. The molecule has 0 bridgehead atoms. The zero-order valence-electron chi connectivity index (χ0n) is 22.6. The lowest BCUT2D eigenvalue weighted by atomic mass is 10.1. The van der Waals surface area contributed by atoms with E-state index in [2.05, 4.69) is 24.1 Å². The molecule has 1 saturated heterocycles. The van der Waals surface area contributed by atoms with E-state index in [0.717, 1.165) is 59.4 Å². The second-order valence-electron chi connectivity index (χ2n) is 9.87. The van der Waals surface area contributed by atoms with E-state index >= 15 is 0 Å². The Morgan fingerprint density at radius 1 is 1.03 bits per heavy atom. The summed E-state index contributed by atoms with van der Waals surface area (Å²) < 4.78 is 14.5. The van der Waals surface area contributed by atoms with Crippen LogP contribution in [0.15, 0.2) is 48.5 Å². The number of aromatic nitrogens is 2. The van der Waals surface area contributed by atoms with Crippen LogP contribution in [0.25, 0.3) is 11.0 Å². The molecule has 0 spiro atoms. The fourth-order valence-corrected chi connectivity index (χ4v) is 5.22. The highest BCUT2D eigenvalue weighted by Crippen LogP contribution is 2.35. The van der Waals surface area contributed by atoms with Gasteiger partial charge in [0.15, 0.2) is 6.23 Å². The number of aliphatic hydroxyl groups is 4. The first-order chi connectivity index (χ1) is 18.4. The van der Waals surface area contributed by atoms with Gasteiger partial charge in [-0.1, -0.05) is 24.3 Å². The van der Waals surface area contributed by atoms with E-state index < -0.39 is 31.1 Å². The summed E-state index contributed by atoms with van der Waals surface area (Å²) in [4.78, 5) is 4.69. The average molecular weight is 657 g/mol. The molecule has 4 rings (SSSR count). The number of para-hydroxylation sites is 2. The van der Waals surface area contributed by atoms with Gasteiger partial charge in [0.25, 0.3) is 0 Å². The summed E-state index contributed by atoms with van der Waals surface area (Å²) in [7, 11) is 0. The number of imidazole rings is 1. The summed E-state index contributed by atoms with van der Waals surface area (Å²) in [6.07, 6.45) is -3.28. The van der Waals surface area contributed by atoms with Crippen molar-refractivity contribution in [3.8, 4) is 5.75 Å². The highest BCUT2D eigenvalue weighted by atomic mass is 127. The summed E-state index contributed by atoms with van der Waals surface area (Å²) in [5.74, 6) is 1.28. The number of halogens is 1. The molecule has 1 aliphatic rings. The average Bonchev–Trinajstić information content (AvgIpc) is 3.45. The molecule has 0 aliphatic carbocycles. The molecule has 0 saturated carbocycles. The fourth-order valence-electron chi connectivity index (χ4n) is 5.22. The number of quaternary nitrogens is 1. The molecule has 3 aromatic rings. The minimum Gasteiger partial charge on any atom is -1.00 e. The SMILES string of the molecule is CC[N+](CC)(CCO)CCCOc1cccc(CNc2nc3ccccc3n2[C@@H]2O[C@H](CO)[C@@H](O)[C@H]2O)c1.[I-]. The quantitative estimate of drug-likeness (QED) is 0.0840. The van der Waals surface area contributed by atoms with Crippen LogP contribution >= 0.6 is 0 Å². The van der Waals surface area contributed by atoms with Gasteiger partial charge in [0.05, 0.1) is 50.5 Å². The number of hydrogen-bond acceptors (Lipinski definition) is 8. The molecule has 2 heterocycles. The van der Waals surface area contributed by atoms with Gasteiger partial charge in [0, 0.05) is 13.0 Å². The van der Waals surface area contributed by atoms with Crippen LogP contribution in [0.5, 0.6) is 5.75 Å². The van der Waals surface area contributed by atoms with E-state index in [1.165, 1.54) is 0 Å². The zero-order chi connectivity index (χ0) is 27.1. The second-order valence-corrected chi connectivity index (χ2v) is 9.87. The minimum atomic E-state index is -1.21. The van der Waals surface area contributed by atoms with Crippen molar-refractivity contribution < 1.29 is 58.4 Å². The van der Waals surface area contributed by atoms with Crippen molar-refractivity contribution in [3.63, 3.8) is 0 Å². The van der Waals surface area contributed by atoms with Crippen molar-refractivity contribution >= 4 is 17.0 Å². The van der Waals surface area contributed by atoms with Crippen LogP contribution in [-0.4, -0.2) is 98.8 Å². The lowest BCUT2D eigenvalue weighted by Gasteiger charge is -2.36. The Kier molecular flexibility index (Phi) is 11.8. The number of benzene rings is 2. The van der Waals surface area contributed by atoms with Crippen molar-refractivity contribution in [2.24, 2.45) is 0 Å². The largest absolute Gasteiger partial charge is 1.00 e. The first-order valence-electron chi connectivity index (χ1n) is 13.5. The number of fused-ring (bicyclic) bond motifs is 1. The maximum absolute atomic E-state index is 10.7. The van der Waals surface area contributed by atoms with Crippen molar-refractivity contribution in [3.05, 3.63) is 54.1 Å². The zero-order valence-corrected chi connectivity index (χ0v) is 24.8. The lowest BCUT2D eigenvalue weighted by molar-refractivity contribution is -0.925. The van der Waals surface area contributed by atoms with Crippen molar-refractivity contribution in [2.75, 3.05) is 51.3 Å². The summed E-state index contributed by atoms with van der Waals surface area (Å²) in [5.41, 5.74) is 2.46. The number of hydrogen-bond donors (Lipinski definition) is 5. The van der Waals surface area contributed by atoms with Crippen LogP contribution in [0.1, 0.15) is 32.1 Å². The number of aliphatic hydroxyl groups excluding tert-OH is 4. The Hall–Kier alpha value is -2.00. The summed E-state index contributed by atoms with van der Waals surface area (Å²) in [5, 5.41) is 43.3. The number of nitrogens with one attached hydrogen (secondary N) is 1. The van der Waals surface area contributed by atoms with E-state index in [9.17, 15) is 20.4 Å². The molecule has 5 N–H and O–H groups in total. The molecule has 39 heavy (non-hydrogen) atoms. The van der Waals surface area contributed by atoms with Gasteiger partial charge in [0.1, 0.15) is 30.6 Å². The third-order valence-corrected chi connectivity index (χ3v) is 7.68. The summed E-state index contributed by atoms with van der Waals surface area (Å²) >= 11 is 0. The maximum atomic E-state index is 10.7. The Bertz CT molecular complexity index is 1170. The molecule has 1 fully saturated rings. The van der Waals surface area contributed by atoms with Crippen molar-refractivity contribution in [1.82, 2.24) is 9.55 Å². The molecular formula is C28H41IN4O6. The van der Waals surface area contributed by atoms with E-state index in [0.29, 0.717) is 19.1 Å². The molecule has 1 aromatic heterocycles. The van der Waals surface area contributed by atoms with Crippen LogP contribution in [0.2, 0.25) is 0 Å². The summed E-state index contributed by atoms with van der Waals surface area (Å²) in [6, 6.07) is 15.4. The molecule has 0 amide bonds. The van der Waals surface area contributed by atoms with Gasteiger partial charge in [-0.2, -0.15) is 0 Å². The molecule has 0 radical (unpaired) electrons. The molecular weight excluding hydrogens is 615 g/mol. The Morgan fingerprint density at radius 2 is 1.79 bits per heavy atom. The maximum Gasteiger partial charge on any atom is 0.206 e. The monoisotopic (exact) mass is 656 g/mol. The van der Waals surface area contributed by atoms with E-state index in [1.807, 2.05) is 48.5 Å². The number of ether oxygens (including phenoxy) is 2. The topological polar surface area (TPSA) is 129 Å². The van der Waals surface area contributed by atoms with Crippen molar-refractivity contribution in [2.45, 2.75) is 51.4 Å². The minimum absolute atomic E-state index is 0. The molecule has 216 valence electrons. The van der Waals surface area contributed by atoms with Crippen LogP contribution < -0.4 is 34.0 Å². The number of likely N-dealkylation sites (N-methyl/N-ethyl adjacent to an activating group) is 1. The summed E-state index contributed by atoms with van der Waals surface area (Å²) in [6.45, 7) is 8.90. The molecule has 11 heteroatoms. The van der Waals surface area contributed by atoms with Gasteiger partial charge >= 0.3 is 0 Å². The van der Waals surface area contributed by atoms with E-state index in [1.54, 1.807) is 4.57 Å². The van der Waals surface area contributed by atoms with Crippen LogP contribution in [0, 0.1) is 0 Å². The Balaban J connectivity index is 0.00000420. The van der Waals surface area contributed by atoms with Crippen molar-refractivity contribution in [1.29, 1.82) is 0 Å². The highest BCUT2D eigenvalue weighted by Gasteiger charge is 2.44. The molecule has 4 atom stereocenters. The van der Waals surface area contributed by atoms with Gasteiger partial charge in [-0.25, -0.2) is 4.98 Å². The predicted octanol–water partition coefficient (Wildman–Crippen LogP) is -1.12. The van der Waals surface area contributed by atoms with Gasteiger partial charge in [0.2, 0.25) is 5.95 Å². The standard InChI is InChI=1S/C28H41N4O6.HI/c1-3-32(4-2,14-15-33)13-8-16-37-21-10-7-9-20(17-21)18-29-28-30-22-11-5-6-12-23(22)31(28)27-26(36)25(35)24(19-34)38-27;/h5-7,9-12,17,24-27,33-36H,3-4,8,13-16,18-19H2,1-2H3,(H,29,30);1H/q+1;/p-1/t24-,25-,26-,27-;/m1./s1. The molecule has 0 unspecified atom stereocenters. The molecule has 2 aromatic carbocycles. The van der Waals surface area contributed by atoms with E-state index in [-0.39, 0.29) is 30.6 Å². The predicted molar refractivity (Wildman–Crippen MR) is 145 cm³/mol. The fraction of sp³-hybridized carbons (Fsp3) is 0.536. The lowest BCUT2D eigenvalue weighted by Crippen LogP contribution is -3.00. The smallest absolute Gasteiger partial charge is 0.206 e.